The molecule has 0 fully saturated rings. The predicted octanol–water partition coefficient (Wildman–Crippen LogP) is 3.96. The van der Waals surface area contributed by atoms with Crippen LogP contribution < -0.4 is 10.8 Å². The van der Waals surface area contributed by atoms with E-state index in [9.17, 15) is 4.79 Å². The van der Waals surface area contributed by atoms with Crippen molar-refractivity contribution in [1.29, 1.82) is 0 Å². The van der Waals surface area contributed by atoms with E-state index in [4.69, 9.17) is 4.84 Å². The van der Waals surface area contributed by atoms with Crippen LogP contribution in [0.4, 0.5) is 4.79 Å². The minimum atomic E-state index is -0.321. The number of carbonyl (C=O) groups is 1. The summed E-state index contributed by atoms with van der Waals surface area (Å²) in [4.78, 5) is 17.2. The minimum Gasteiger partial charge on any atom is -0.330 e. The van der Waals surface area contributed by atoms with Crippen molar-refractivity contribution in [3.63, 3.8) is 0 Å². The summed E-state index contributed by atoms with van der Waals surface area (Å²) in [5.74, 6) is 0. The Morgan fingerprint density at radius 2 is 1.68 bits per heavy atom. The maximum atomic E-state index is 11.9. The lowest BCUT2D eigenvalue weighted by Crippen LogP contribution is -2.37. The average molecular weight is 298 g/mol. The highest BCUT2D eigenvalue weighted by Crippen LogP contribution is 2.17. The second-order valence-corrected chi connectivity index (χ2v) is 5.10. The number of urea groups is 1. The van der Waals surface area contributed by atoms with Gasteiger partial charge in [-0.05, 0) is 17.5 Å². The van der Waals surface area contributed by atoms with E-state index in [-0.39, 0.29) is 12.1 Å². The molecule has 2 N–H and O–H groups in total. The van der Waals surface area contributed by atoms with Gasteiger partial charge in [-0.3, -0.25) is 4.84 Å². The number of nitrogens with one attached hydrogen (secondary N) is 2. The molecule has 2 aromatic rings. The zero-order chi connectivity index (χ0) is 15.6. The lowest BCUT2D eigenvalue weighted by Gasteiger charge is -2.18. The summed E-state index contributed by atoms with van der Waals surface area (Å²) in [6.45, 7) is 2.44. The number of hydroxylamine groups is 1. The third kappa shape index (κ3) is 5.22. The largest absolute Gasteiger partial charge is 0.339 e. The Balaban J connectivity index is 1.81. The van der Waals surface area contributed by atoms with E-state index in [1.54, 1.807) is 0 Å². The summed E-state index contributed by atoms with van der Waals surface area (Å²) in [5, 5.41) is 2.95. The second-order valence-electron chi connectivity index (χ2n) is 5.10. The van der Waals surface area contributed by atoms with Crippen LogP contribution in [0.2, 0.25) is 0 Å². The van der Waals surface area contributed by atoms with Crippen LogP contribution >= 0.6 is 0 Å². The highest BCUT2D eigenvalue weighted by Gasteiger charge is 2.13. The van der Waals surface area contributed by atoms with Gasteiger partial charge in [0.05, 0.1) is 12.6 Å². The average Bonchev–Trinajstić information content (AvgIpc) is 2.56. The van der Waals surface area contributed by atoms with Crippen LogP contribution in [0.1, 0.15) is 36.9 Å². The topological polar surface area (TPSA) is 50.4 Å². The molecule has 4 heteroatoms. The Morgan fingerprint density at radius 1 is 1.05 bits per heavy atom. The van der Waals surface area contributed by atoms with Gasteiger partial charge in [-0.2, -0.15) is 0 Å². The number of amides is 2. The standard InChI is InChI=1S/C18H22N2O2/c1-2-9-17(16-12-7-4-8-13-16)19-18(21)20-22-14-15-10-5-3-6-11-15/h3-8,10-13,17H,2,9,14H2,1H3,(H2,19,20,21). The van der Waals surface area contributed by atoms with Crippen molar-refractivity contribution in [2.24, 2.45) is 0 Å². The Kier molecular flexibility index (Phi) is 6.45. The summed E-state index contributed by atoms with van der Waals surface area (Å²) in [7, 11) is 0. The molecular weight excluding hydrogens is 276 g/mol. The molecule has 0 aliphatic heterocycles. The Bertz CT molecular complexity index is 558. The van der Waals surface area contributed by atoms with E-state index >= 15 is 0 Å². The Hall–Kier alpha value is -2.33. The smallest absolute Gasteiger partial charge is 0.330 e. The van der Waals surface area contributed by atoms with Crippen molar-refractivity contribution in [2.45, 2.75) is 32.4 Å². The summed E-state index contributed by atoms with van der Waals surface area (Å²) < 4.78 is 0. The summed E-state index contributed by atoms with van der Waals surface area (Å²) in [6.07, 6.45) is 1.88. The normalized spacial score (nSPS) is 11.7. The first kappa shape index (κ1) is 16.0. The van der Waals surface area contributed by atoms with Gasteiger partial charge < -0.3 is 5.32 Å². The fourth-order valence-corrected chi connectivity index (χ4v) is 2.24. The van der Waals surface area contributed by atoms with Crippen molar-refractivity contribution in [3.8, 4) is 0 Å². The summed E-state index contributed by atoms with van der Waals surface area (Å²) >= 11 is 0. The zero-order valence-electron chi connectivity index (χ0n) is 12.8. The van der Waals surface area contributed by atoms with E-state index in [1.807, 2.05) is 60.7 Å². The van der Waals surface area contributed by atoms with Crippen LogP contribution in [-0.4, -0.2) is 6.03 Å². The quantitative estimate of drug-likeness (QED) is 0.760. The van der Waals surface area contributed by atoms with Crippen molar-refractivity contribution in [1.82, 2.24) is 10.8 Å². The van der Waals surface area contributed by atoms with Gasteiger partial charge >= 0.3 is 6.03 Å². The molecule has 0 saturated carbocycles. The molecule has 0 saturated heterocycles. The SMILES string of the molecule is CCCC(NC(=O)NOCc1ccccc1)c1ccccc1. The van der Waals surface area contributed by atoms with Crippen molar-refractivity contribution in [2.75, 3.05) is 0 Å². The maximum absolute atomic E-state index is 11.9. The lowest BCUT2D eigenvalue weighted by molar-refractivity contribution is 0.0480. The molecule has 0 bridgehead atoms. The van der Waals surface area contributed by atoms with Gasteiger partial charge in [0, 0.05) is 0 Å². The molecule has 2 amide bonds. The fraction of sp³-hybridized carbons (Fsp3) is 0.278. The molecule has 1 atom stereocenters. The predicted molar refractivity (Wildman–Crippen MR) is 87.0 cm³/mol. The number of rotatable bonds is 7. The van der Waals surface area contributed by atoms with Gasteiger partial charge in [-0.1, -0.05) is 74.0 Å². The first-order valence-electron chi connectivity index (χ1n) is 7.56. The summed E-state index contributed by atoms with van der Waals surface area (Å²) in [5.41, 5.74) is 4.55. The molecule has 1 unspecified atom stereocenters. The minimum absolute atomic E-state index is 0.00785. The zero-order valence-corrected chi connectivity index (χ0v) is 12.8. The van der Waals surface area contributed by atoms with Crippen LogP contribution in [0.15, 0.2) is 60.7 Å². The van der Waals surface area contributed by atoms with E-state index in [0.717, 1.165) is 24.0 Å². The second kappa shape index (κ2) is 8.85. The summed E-state index contributed by atoms with van der Waals surface area (Å²) in [6, 6.07) is 19.3. The van der Waals surface area contributed by atoms with Gasteiger partial charge in [-0.25, -0.2) is 10.3 Å². The molecule has 0 spiro atoms. The first-order valence-corrected chi connectivity index (χ1v) is 7.56. The van der Waals surface area contributed by atoms with Crippen LogP contribution in [0.5, 0.6) is 0 Å². The molecule has 0 aromatic heterocycles. The molecule has 22 heavy (non-hydrogen) atoms. The molecule has 116 valence electrons. The Labute approximate surface area is 131 Å². The fourth-order valence-electron chi connectivity index (χ4n) is 2.24. The highest BCUT2D eigenvalue weighted by molar-refractivity contribution is 5.73. The van der Waals surface area contributed by atoms with Crippen LogP contribution in [-0.2, 0) is 11.4 Å². The van der Waals surface area contributed by atoms with Crippen LogP contribution in [0.3, 0.4) is 0 Å². The highest BCUT2D eigenvalue weighted by atomic mass is 16.7. The van der Waals surface area contributed by atoms with Crippen LogP contribution in [0, 0.1) is 0 Å². The molecule has 0 radical (unpaired) electrons. The van der Waals surface area contributed by atoms with E-state index in [1.165, 1.54) is 0 Å². The lowest BCUT2D eigenvalue weighted by atomic mass is 10.0. The molecule has 4 nitrogen and oxygen atoms in total. The monoisotopic (exact) mass is 298 g/mol. The number of hydrogen-bond acceptors (Lipinski definition) is 2. The third-order valence-electron chi connectivity index (χ3n) is 3.33. The molecule has 0 aliphatic carbocycles. The molecular formula is C18H22N2O2. The van der Waals surface area contributed by atoms with Gasteiger partial charge in [0.15, 0.2) is 0 Å². The number of hydrogen-bond donors (Lipinski definition) is 2. The van der Waals surface area contributed by atoms with Crippen molar-refractivity contribution in [3.05, 3.63) is 71.8 Å². The van der Waals surface area contributed by atoms with Crippen molar-refractivity contribution >= 4 is 6.03 Å². The van der Waals surface area contributed by atoms with E-state index < -0.39 is 0 Å². The Morgan fingerprint density at radius 3 is 2.32 bits per heavy atom. The third-order valence-corrected chi connectivity index (χ3v) is 3.33. The van der Waals surface area contributed by atoms with Crippen molar-refractivity contribution < 1.29 is 9.63 Å². The molecule has 2 aromatic carbocycles. The maximum Gasteiger partial charge on any atom is 0.339 e. The van der Waals surface area contributed by atoms with Crippen LogP contribution in [0.25, 0.3) is 0 Å². The molecule has 0 heterocycles. The van der Waals surface area contributed by atoms with E-state index in [0.29, 0.717) is 6.61 Å². The number of carbonyl (C=O) groups excluding carboxylic acids is 1. The molecule has 0 aliphatic rings. The van der Waals surface area contributed by atoms with Gasteiger partial charge in [-0.15, -0.1) is 0 Å². The van der Waals surface area contributed by atoms with Gasteiger partial charge in [0.25, 0.3) is 0 Å². The molecule has 2 rings (SSSR count). The van der Waals surface area contributed by atoms with E-state index in [2.05, 4.69) is 17.7 Å². The first-order chi connectivity index (χ1) is 10.8. The number of benzene rings is 2. The van der Waals surface area contributed by atoms with Gasteiger partial charge in [0.1, 0.15) is 0 Å². The van der Waals surface area contributed by atoms with Gasteiger partial charge in [0.2, 0.25) is 0 Å².